The third-order valence-corrected chi connectivity index (χ3v) is 3.72. The molecule has 1 aromatic heterocycles. The number of ether oxygens (including phenoxy) is 1. The molecule has 1 amide bonds. The topological polar surface area (TPSA) is 42.4 Å². The second-order valence-corrected chi connectivity index (χ2v) is 5.25. The molecule has 1 saturated heterocycles. The Bertz CT molecular complexity index is 487. The molecule has 108 valence electrons. The standard InChI is InChI=1S/C15H19ClN2O2/c1-3-20-15(19)18-8-4-5-13(18)9-11(2)12-6-7-14(16)17-10-12/h6-7,10,13H,2-5,8-9H2,1H3. The first-order chi connectivity index (χ1) is 9.61. The van der Waals surface area contributed by atoms with E-state index in [4.69, 9.17) is 16.3 Å². The molecule has 1 aliphatic rings. The van der Waals surface area contributed by atoms with E-state index in [1.807, 2.05) is 13.0 Å². The fourth-order valence-corrected chi connectivity index (χ4v) is 2.59. The van der Waals surface area contributed by atoms with Crippen LogP contribution < -0.4 is 0 Å². The first-order valence-electron chi connectivity index (χ1n) is 6.85. The number of aromatic nitrogens is 1. The molecule has 4 nitrogen and oxygen atoms in total. The average molecular weight is 295 g/mol. The van der Waals surface area contributed by atoms with E-state index in [2.05, 4.69) is 11.6 Å². The van der Waals surface area contributed by atoms with E-state index in [1.165, 1.54) is 0 Å². The minimum Gasteiger partial charge on any atom is -0.450 e. The summed E-state index contributed by atoms with van der Waals surface area (Å²) in [5.74, 6) is 0. The quantitative estimate of drug-likeness (QED) is 0.794. The Kier molecular flexibility index (Phi) is 5.01. The Morgan fingerprint density at radius 2 is 2.40 bits per heavy atom. The number of rotatable bonds is 4. The number of hydrogen-bond donors (Lipinski definition) is 0. The Balaban J connectivity index is 1.99. The summed E-state index contributed by atoms with van der Waals surface area (Å²) in [5.41, 5.74) is 1.93. The van der Waals surface area contributed by atoms with E-state index < -0.39 is 0 Å². The maximum Gasteiger partial charge on any atom is 0.410 e. The lowest BCUT2D eigenvalue weighted by Crippen LogP contribution is -2.36. The van der Waals surface area contributed by atoms with Gasteiger partial charge in [-0.15, -0.1) is 0 Å². The Morgan fingerprint density at radius 3 is 3.05 bits per heavy atom. The molecule has 1 aromatic rings. The number of halogens is 1. The van der Waals surface area contributed by atoms with Crippen LogP contribution in [0.5, 0.6) is 0 Å². The summed E-state index contributed by atoms with van der Waals surface area (Å²) in [6.07, 6.45) is 4.22. The van der Waals surface area contributed by atoms with Crippen molar-refractivity contribution in [1.29, 1.82) is 0 Å². The molecule has 0 aliphatic carbocycles. The highest BCUT2D eigenvalue weighted by atomic mass is 35.5. The van der Waals surface area contributed by atoms with Crippen LogP contribution in [0.25, 0.3) is 5.57 Å². The summed E-state index contributed by atoms with van der Waals surface area (Å²) < 4.78 is 5.09. The molecule has 0 saturated carbocycles. The fraction of sp³-hybridized carbons (Fsp3) is 0.467. The highest BCUT2D eigenvalue weighted by molar-refractivity contribution is 6.29. The van der Waals surface area contributed by atoms with Crippen LogP contribution in [-0.4, -0.2) is 35.2 Å². The number of hydrogen-bond acceptors (Lipinski definition) is 3. The van der Waals surface area contributed by atoms with Crippen LogP contribution in [-0.2, 0) is 4.74 Å². The van der Waals surface area contributed by atoms with Crippen molar-refractivity contribution in [2.75, 3.05) is 13.2 Å². The summed E-state index contributed by atoms with van der Waals surface area (Å²) in [4.78, 5) is 17.7. The van der Waals surface area contributed by atoms with Crippen molar-refractivity contribution in [3.05, 3.63) is 35.6 Å². The van der Waals surface area contributed by atoms with Gasteiger partial charge < -0.3 is 9.64 Å². The molecule has 1 aliphatic heterocycles. The van der Waals surface area contributed by atoms with E-state index >= 15 is 0 Å². The molecule has 0 spiro atoms. The highest BCUT2D eigenvalue weighted by Crippen LogP contribution is 2.27. The third kappa shape index (κ3) is 3.51. The van der Waals surface area contributed by atoms with Gasteiger partial charge in [0.1, 0.15) is 5.15 Å². The predicted octanol–water partition coefficient (Wildman–Crippen LogP) is 3.76. The van der Waals surface area contributed by atoms with Crippen molar-refractivity contribution < 1.29 is 9.53 Å². The van der Waals surface area contributed by atoms with Gasteiger partial charge in [-0.1, -0.05) is 24.2 Å². The van der Waals surface area contributed by atoms with Gasteiger partial charge in [0.05, 0.1) is 6.61 Å². The molecule has 2 heterocycles. The number of carbonyl (C=O) groups is 1. The lowest BCUT2D eigenvalue weighted by atomic mass is 10.0. The molecule has 5 heteroatoms. The van der Waals surface area contributed by atoms with Crippen LogP contribution in [0, 0.1) is 0 Å². The van der Waals surface area contributed by atoms with Gasteiger partial charge in [-0.05, 0) is 43.4 Å². The summed E-state index contributed by atoms with van der Waals surface area (Å²) in [5, 5.41) is 0.468. The van der Waals surface area contributed by atoms with Crippen molar-refractivity contribution >= 4 is 23.3 Å². The maximum absolute atomic E-state index is 11.9. The lowest BCUT2D eigenvalue weighted by molar-refractivity contribution is 0.103. The molecule has 0 aromatic carbocycles. The summed E-state index contributed by atoms with van der Waals surface area (Å²) in [6.45, 7) is 7.08. The van der Waals surface area contributed by atoms with E-state index in [9.17, 15) is 4.79 Å². The van der Waals surface area contributed by atoms with Crippen LogP contribution in [0.1, 0.15) is 31.7 Å². The van der Waals surface area contributed by atoms with Gasteiger partial charge in [-0.25, -0.2) is 9.78 Å². The van der Waals surface area contributed by atoms with Gasteiger partial charge >= 0.3 is 6.09 Å². The first kappa shape index (κ1) is 14.9. The van der Waals surface area contributed by atoms with Gasteiger partial charge in [0.2, 0.25) is 0 Å². The fourth-order valence-electron chi connectivity index (χ4n) is 2.48. The van der Waals surface area contributed by atoms with Gasteiger partial charge in [0, 0.05) is 18.8 Å². The number of pyridine rings is 1. The lowest BCUT2D eigenvalue weighted by Gasteiger charge is -2.24. The Hall–Kier alpha value is -1.55. The van der Waals surface area contributed by atoms with Crippen LogP contribution in [0.2, 0.25) is 5.15 Å². The second kappa shape index (κ2) is 6.75. The highest BCUT2D eigenvalue weighted by Gasteiger charge is 2.30. The Morgan fingerprint density at radius 1 is 1.60 bits per heavy atom. The minimum atomic E-state index is -0.225. The van der Waals surface area contributed by atoms with Crippen LogP contribution in [0.15, 0.2) is 24.9 Å². The first-order valence-corrected chi connectivity index (χ1v) is 7.22. The molecule has 0 radical (unpaired) electrons. The largest absolute Gasteiger partial charge is 0.450 e. The average Bonchev–Trinajstić information content (AvgIpc) is 2.88. The van der Waals surface area contributed by atoms with E-state index in [-0.39, 0.29) is 12.1 Å². The number of likely N-dealkylation sites (tertiary alicyclic amines) is 1. The second-order valence-electron chi connectivity index (χ2n) is 4.87. The van der Waals surface area contributed by atoms with Crippen molar-refractivity contribution in [1.82, 2.24) is 9.88 Å². The van der Waals surface area contributed by atoms with Crippen molar-refractivity contribution in [2.45, 2.75) is 32.2 Å². The van der Waals surface area contributed by atoms with Gasteiger partial charge in [0.25, 0.3) is 0 Å². The summed E-state index contributed by atoms with van der Waals surface area (Å²) >= 11 is 5.78. The van der Waals surface area contributed by atoms with Gasteiger partial charge in [0.15, 0.2) is 0 Å². The molecule has 0 N–H and O–H groups in total. The zero-order valence-electron chi connectivity index (χ0n) is 11.6. The zero-order chi connectivity index (χ0) is 14.5. The molecule has 1 unspecified atom stereocenters. The van der Waals surface area contributed by atoms with E-state index in [0.717, 1.165) is 36.9 Å². The Labute approximate surface area is 124 Å². The van der Waals surface area contributed by atoms with Crippen LogP contribution >= 0.6 is 11.6 Å². The SMILES string of the molecule is C=C(CC1CCCN1C(=O)OCC)c1ccc(Cl)nc1. The summed E-state index contributed by atoms with van der Waals surface area (Å²) in [7, 11) is 0. The third-order valence-electron chi connectivity index (χ3n) is 3.50. The smallest absolute Gasteiger partial charge is 0.410 e. The van der Waals surface area contributed by atoms with Crippen molar-refractivity contribution in [2.24, 2.45) is 0 Å². The van der Waals surface area contributed by atoms with E-state index in [1.54, 1.807) is 17.2 Å². The van der Waals surface area contributed by atoms with Crippen molar-refractivity contribution in [3.63, 3.8) is 0 Å². The van der Waals surface area contributed by atoms with Crippen LogP contribution in [0.4, 0.5) is 4.79 Å². The van der Waals surface area contributed by atoms with Crippen LogP contribution in [0.3, 0.4) is 0 Å². The minimum absolute atomic E-state index is 0.164. The van der Waals surface area contributed by atoms with E-state index in [0.29, 0.717) is 11.8 Å². The number of amides is 1. The normalized spacial score (nSPS) is 18.1. The predicted molar refractivity (Wildman–Crippen MR) is 79.6 cm³/mol. The van der Waals surface area contributed by atoms with Gasteiger partial charge in [-0.3, -0.25) is 0 Å². The van der Waals surface area contributed by atoms with Crippen molar-refractivity contribution in [3.8, 4) is 0 Å². The molecule has 0 bridgehead atoms. The molecule has 1 atom stereocenters. The molecular weight excluding hydrogens is 276 g/mol. The molecule has 1 fully saturated rings. The monoisotopic (exact) mass is 294 g/mol. The number of carbonyl (C=O) groups excluding carboxylic acids is 1. The summed E-state index contributed by atoms with van der Waals surface area (Å²) in [6, 6.07) is 3.82. The zero-order valence-corrected chi connectivity index (χ0v) is 12.4. The molecule has 20 heavy (non-hydrogen) atoms. The van der Waals surface area contributed by atoms with Gasteiger partial charge in [-0.2, -0.15) is 0 Å². The number of nitrogens with zero attached hydrogens (tertiary/aromatic N) is 2. The maximum atomic E-state index is 11.9. The molecule has 2 rings (SSSR count). The molecular formula is C15H19ClN2O2.